The molecule has 3 rings (SSSR count). The van der Waals surface area contributed by atoms with E-state index >= 15 is 0 Å². The van der Waals surface area contributed by atoms with Crippen LogP contribution in [-0.2, 0) is 6.42 Å². The van der Waals surface area contributed by atoms with Crippen molar-refractivity contribution in [2.75, 3.05) is 30.3 Å². The average Bonchev–Trinajstić information content (AvgIpc) is 3.31. The van der Waals surface area contributed by atoms with Crippen molar-refractivity contribution in [3.05, 3.63) is 53.3 Å². The Morgan fingerprint density at radius 3 is 2.41 bits per heavy atom. The van der Waals surface area contributed by atoms with Crippen molar-refractivity contribution in [3.63, 3.8) is 0 Å². The van der Waals surface area contributed by atoms with Crippen molar-refractivity contribution in [2.24, 2.45) is 5.73 Å². The van der Waals surface area contributed by atoms with Gasteiger partial charge in [-0.1, -0.05) is 31.9 Å². The predicted molar refractivity (Wildman–Crippen MR) is 128 cm³/mol. The van der Waals surface area contributed by atoms with Crippen LogP contribution in [0.25, 0.3) is 11.5 Å². The summed E-state index contributed by atoms with van der Waals surface area (Å²) in [5.41, 5.74) is 6.62. The summed E-state index contributed by atoms with van der Waals surface area (Å²) in [4.78, 5) is 0. The average molecular weight is 477 g/mol. The fourth-order valence-corrected chi connectivity index (χ4v) is 3.36. The molecule has 3 aromatic rings. The van der Waals surface area contributed by atoms with Crippen LogP contribution in [0.2, 0.25) is 0 Å². The Labute approximate surface area is 197 Å². The monoisotopic (exact) mass is 476 g/mol. The lowest BCUT2D eigenvalue weighted by atomic mass is 9.94. The first-order valence-electron chi connectivity index (χ1n) is 11.4. The maximum Gasteiger partial charge on any atom is 0.315 e. The third-order valence-corrected chi connectivity index (χ3v) is 5.91. The van der Waals surface area contributed by atoms with E-state index in [1.54, 1.807) is 6.07 Å². The number of nitrogens with zero attached hydrogens (tertiary/aromatic N) is 2. The van der Waals surface area contributed by atoms with E-state index in [2.05, 4.69) is 40.0 Å². The number of benzene rings is 2. The van der Waals surface area contributed by atoms with E-state index in [0.29, 0.717) is 26.1 Å². The van der Waals surface area contributed by atoms with Gasteiger partial charge in [0.15, 0.2) is 11.6 Å². The first-order valence-corrected chi connectivity index (χ1v) is 11.4. The van der Waals surface area contributed by atoms with Gasteiger partial charge < -0.3 is 26.1 Å². The van der Waals surface area contributed by atoms with Gasteiger partial charge in [-0.25, -0.2) is 13.2 Å². The minimum absolute atomic E-state index is 0.00188. The van der Waals surface area contributed by atoms with Gasteiger partial charge in [0.2, 0.25) is 0 Å². The van der Waals surface area contributed by atoms with Gasteiger partial charge in [0.05, 0.1) is 16.9 Å². The highest BCUT2D eigenvalue weighted by molar-refractivity contribution is 5.78. The third-order valence-electron chi connectivity index (χ3n) is 5.91. The Morgan fingerprint density at radius 1 is 0.971 bits per heavy atom. The number of nitrogens with two attached hydrogens (primary N) is 1. The molecule has 0 amide bonds. The largest absolute Gasteiger partial charge is 0.403 e. The van der Waals surface area contributed by atoms with Crippen LogP contribution in [0.3, 0.4) is 0 Å². The molecule has 10 heteroatoms. The molecule has 0 aliphatic carbocycles. The van der Waals surface area contributed by atoms with Gasteiger partial charge in [-0.3, -0.25) is 0 Å². The number of anilines is 3. The van der Waals surface area contributed by atoms with Crippen LogP contribution in [0, 0.1) is 17.5 Å². The molecule has 5 N–H and O–H groups in total. The van der Waals surface area contributed by atoms with Gasteiger partial charge in [-0.2, -0.15) is 0 Å². The molecule has 0 bridgehead atoms. The highest BCUT2D eigenvalue weighted by Gasteiger charge is 2.21. The molecule has 0 unspecified atom stereocenters. The summed E-state index contributed by atoms with van der Waals surface area (Å²) in [5, 5.41) is 16.7. The normalized spacial score (nSPS) is 11.6. The number of hydrogen-bond donors (Lipinski definition) is 4. The van der Waals surface area contributed by atoms with Crippen molar-refractivity contribution in [1.82, 2.24) is 15.5 Å². The number of aromatic nitrogens is 2. The fourth-order valence-electron chi connectivity index (χ4n) is 3.36. The van der Waals surface area contributed by atoms with Crippen LogP contribution in [0.1, 0.15) is 39.2 Å². The van der Waals surface area contributed by atoms with E-state index < -0.39 is 17.5 Å². The zero-order valence-corrected chi connectivity index (χ0v) is 19.6. The second-order valence-corrected chi connectivity index (χ2v) is 8.16. The first-order chi connectivity index (χ1) is 16.3. The number of aryl methyl sites for hydroxylation is 1. The fraction of sp³-hybridized carbons (Fsp3) is 0.417. The van der Waals surface area contributed by atoms with Gasteiger partial charge in [-0.05, 0) is 49.1 Å². The van der Waals surface area contributed by atoms with Crippen LogP contribution in [0.4, 0.5) is 30.6 Å². The van der Waals surface area contributed by atoms with Crippen molar-refractivity contribution < 1.29 is 17.6 Å². The molecule has 0 aliphatic rings. The lowest BCUT2D eigenvalue weighted by Crippen LogP contribution is -2.48. The van der Waals surface area contributed by atoms with Crippen LogP contribution in [-0.4, -0.2) is 35.4 Å². The zero-order valence-electron chi connectivity index (χ0n) is 19.6. The molecule has 0 fully saturated rings. The zero-order chi connectivity index (χ0) is 24.7. The summed E-state index contributed by atoms with van der Waals surface area (Å²) in [6.07, 6.45) is 2.39. The highest BCUT2D eigenvalue weighted by Crippen LogP contribution is 2.34. The number of nitrogens with one attached hydrogen (secondary N) is 3. The van der Waals surface area contributed by atoms with Crippen molar-refractivity contribution in [2.45, 2.75) is 45.6 Å². The van der Waals surface area contributed by atoms with E-state index in [0.717, 1.165) is 24.5 Å². The molecule has 34 heavy (non-hydrogen) atoms. The second-order valence-electron chi connectivity index (χ2n) is 8.16. The molecule has 0 saturated heterocycles. The Balaban J connectivity index is 1.71. The summed E-state index contributed by atoms with van der Waals surface area (Å²) in [5.74, 6) is -2.89. The van der Waals surface area contributed by atoms with E-state index in [9.17, 15) is 13.2 Å². The van der Waals surface area contributed by atoms with Crippen molar-refractivity contribution in [1.29, 1.82) is 0 Å². The van der Waals surface area contributed by atoms with Gasteiger partial charge in [0.25, 0.3) is 5.89 Å². The molecule has 0 radical (unpaired) electrons. The lowest BCUT2D eigenvalue weighted by molar-refractivity contribution is 0.372. The standard InChI is InChI=1S/C24H31F3N6O/c1-4-15-7-10-19(18(26)13-15)31-21-16(8-9-17(25)20(21)27)22-32-33-23(34-22)30-12-11-29-14-24(28,5-2)6-3/h7-10,13,29,31H,4-6,11-12,14,28H2,1-3H3,(H,30,33). The molecule has 1 heterocycles. The Kier molecular flexibility index (Phi) is 8.51. The lowest BCUT2D eigenvalue weighted by Gasteiger charge is -2.26. The van der Waals surface area contributed by atoms with Gasteiger partial charge in [0.1, 0.15) is 5.82 Å². The van der Waals surface area contributed by atoms with Gasteiger partial charge >= 0.3 is 6.01 Å². The molecule has 0 spiro atoms. The molecule has 0 saturated carbocycles. The number of rotatable bonds is 12. The number of hydrogen-bond acceptors (Lipinski definition) is 7. The summed E-state index contributed by atoms with van der Waals surface area (Å²) in [7, 11) is 0. The van der Waals surface area contributed by atoms with Gasteiger partial charge in [-0.15, -0.1) is 5.10 Å². The minimum atomic E-state index is -1.18. The Morgan fingerprint density at radius 2 is 1.74 bits per heavy atom. The molecule has 1 aromatic heterocycles. The SMILES string of the molecule is CCc1ccc(Nc2c(-c3nnc(NCCNCC(N)(CC)CC)o3)ccc(F)c2F)c(F)c1. The van der Waals surface area contributed by atoms with Crippen LogP contribution in [0.5, 0.6) is 0 Å². The summed E-state index contributed by atoms with van der Waals surface area (Å²) >= 11 is 0. The van der Waals surface area contributed by atoms with E-state index in [1.807, 2.05) is 6.92 Å². The summed E-state index contributed by atoms with van der Waals surface area (Å²) < 4.78 is 48.7. The molecular formula is C24H31F3N6O. The Hall–Kier alpha value is -3.11. The Bertz CT molecular complexity index is 1100. The van der Waals surface area contributed by atoms with Crippen molar-refractivity contribution >= 4 is 17.4 Å². The molecule has 0 aliphatic heterocycles. The van der Waals surface area contributed by atoms with Gasteiger partial charge in [0, 0.05) is 25.2 Å². The van der Waals surface area contributed by atoms with E-state index in [1.165, 1.54) is 18.2 Å². The second kappa shape index (κ2) is 11.3. The van der Waals surface area contributed by atoms with Crippen LogP contribution < -0.4 is 21.7 Å². The maximum atomic E-state index is 14.7. The molecular weight excluding hydrogens is 445 g/mol. The quantitative estimate of drug-likeness (QED) is 0.274. The van der Waals surface area contributed by atoms with Crippen molar-refractivity contribution in [3.8, 4) is 11.5 Å². The topological polar surface area (TPSA) is 101 Å². The highest BCUT2D eigenvalue weighted by atomic mass is 19.2. The molecule has 2 aromatic carbocycles. The first kappa shape index (κ1) is 25.5. The third kappa shape index (κ3) is 6.06. The van der Waals surface area contributed by atoms with E-state index in [-0.39, 0.29) is 34.4 Å². The summed E-state index contributed by atoms with van der Waals surface area (Å²) in [6, 6.07) is 6.90. The molecule has 7 nitrogen and oxygen atoms in total. The summed E-state index contributed by atoms with van der Waals surface area (Å²) in [6.45, 7) is 7.78. The van der Waals surface area contributed by atoms with Crippen LogP contribution in [0.15, 0.2) is 34.7 Å². The number of halogens is 3. The van der Waals surface area contributed by atoms with Crippen LogP contribution >= 0.6 is 0 Å². The van der Waals surface area contributed by atoms with E-state index in [4.69, 9.17) is 10.2 Å². The minimum Gasteiger partial charge on any atom is -0.403 e. The predicted octanol–water partition coefficient (Wildman–Crippen LogP) is 4.98. The molecule has 184 valence electrons. The molecule has 0 atom stereocenters. The maximum absolute atomic E-state index is 14.7. The smallest absolute Gasteiger partial charge is 0.315 e.